The summed E-state index contributed by atoms with van der Waals surface area (Å²) in [7, 11) is 1.25. The van der Waals surface area contributed by atoms with Gasteiger partial charge in [0.15, 0.2) is 5.92 Å². The Balaban J connectivity index is 3.26. The molecule has 0 radical (unpaired) electrons. The predicted octanol–water partition coefficient (Wildman–Crippen LogP) is 2.94. The van der Waals surface area contributed by atoms with Gasteiger partial charge in [-0.25, -0.2) is 0 Å². The first-order valence-electron chi connectivity index (χ1n) is 5.34. The smallest absolute Gasteiger partial charge is 0.402 e. The molecule has 114 valence electrons. The fourth-order valence-electron chi connectivity index (χ4n) is 1.78. The summed E-state index contributed by atoms with van der Waals surface area (Å²) in [6.45, 7) is 0. The summed E-state index contributed by atoms with van der Waals surface area (Å²) in [4.78, 5) is 0. The summed E-state index contributed by atoms with van der Waals surface area (Å²) in [5, 5.41) is 0. The molecule has 1 aromatic carbocycles. The highest BCUT2D eigenvalue weighted by molar-refractivity contribution is 5.31. The van der Waals surface area contributed by atoms with E-state index in [0.717, 1.165) is 12.1 Å². The van der Waals surface area contributed by atoms with Crippen molar-refractivity contribution in [3.63, 3.8) is 0 Å². The molecule has 0 amide bonds. The van der Waals surface area contributed by atoms with Crippen LogP contribution in [0.1, 0.15) is 11.6 Å². The van der Waals surface area contributed by atoms with E-state index in [1.54, 1.807) is 5.43 Å². The Morgan fingerprint density at radius 1 is 1.10 bits per heavy atom. The summed E-state index contributed by atoms with van der Waals surface area (Å²) in [5.41, 5.74) is 1.32. The van der Waals surface area contributed by atoms with E-state index < -0.39 is 24.3 Å². The zero-order chi connectivity index (χ0) is 15.6. The molecule has 3 N–H and O–H groups in total. The monoisotopic (exact) mass is 302 g/mol. The number of nitrogens with one attached hydrogen (secondary N) is 1. The molecule has 1 aromatic rings. The van der Waals surface area contributed by atoms with E-state index in [4.69, 9.17) is 10.6 Å². The number of rotatable bonds is 4. The summed E-state index contributed by atoms with van der Waals surface area (Å²) >= 11 is 0. The molecule has 1 unspecified atom stereocenters. The lowest BCUT2D eigenvalue weighted by atomic mass is 9.92. The Hall–Kier alpha value is -1.48. The van der Waals surface area contributed by atoms with Gasteiger partial charge in [0.25, 0.3) is 0 Å². The average molecular weight is 302 g/mol. The maximum atomic E-state index is 12.7. The number of ether oxygens (including phenoxy) is 1. The zero-order valence-corrected chi connectivity index (χ0v) is 10.2. The highest BCUT2D eigenvalue weighted by atomic mass is 19.4. The standard InChI is InChI=1S/C11H12F6N2O/c1-20-7-4-2-3-6(5-7)8(19-18)9(10(12,13)14)11(15,16)17/h2-5,8-9,19H,18H2,1H3. The topological polar surface area (TPSA) is 47.3 Å². The van der Waals surface area contributed by atoms with Gasteiger partial charge in [-0.05, 0) is 17.7 Å². The summed E-state index contributed by atoms with van der Waals surface area (Å²) in [6, 6.07) is 2.69. The van der Waals surface area contributed by atoms with Crippen LogP contribution in [0.25, 0.3) is 0 Å². The highest BCUT2D eigenvalue weighted by Gasteiger charge is 2.60. The van der Waals surface area contributed by atoms with Crippen LogP contribution in [0.5, 0.6) is 5.75 Å². The van der Waals surface area contributed by atoms with Gasteiger partial charge in [-0.3, -0.25) is 11.3 Å². The fourth-order valence-corrected chi connectivity index (χ4v) is 1.78. The van der Waals surface area contributed by atoms with Crippen LogP contribution in [-0.2, 0) is 0 Å². The van der Waals surface area contributed by atoms with E-state index >= 15 is 0 Å². The second-order valence-electron chi connectivity index (χ2n) is 3.98. The summed E-state index contributed by atoms with van der Waals surface area (Å²) in [6.07, 6.45) is -11.0. The molecule has 3 nitrogen and oxygen atoms in total. The number of nitrogens with two attached hydrogens (primary N) is 1. The molecule has 0 spiro atoms. The molecule has 0 aliphatic heterocycles. The summed E-state index contributed by atoms with van der Waals surface area (Å²) < 4.78 is 80.8. The quantitative estimate of drug-likeness (QED) is 0.511. The van der Waals surface area contributed by atoms with Crippen LogP contribution in [0.2, 0.25) is 0 Å². The van der Waals surface area contributed by atoms with Crippen LogP contribution in [-0.4, -0.2) is 19.5 Å². The first kappa shape index (κ1) is 16.6. The molecule has 0 heterocycles. The number of alkyl halides is 6. The van der Waals surface area contributed by atoms with Crippen LogP contribution in [0, 0.1) is 5.92 Å². The fraction of sp³-hybridized carbons (Fsp3) is 0.455. The van der Waals surface area contributed by atoms with E-state index in [0.29, 0.717) is 0 Å². The molecule has 0 aliphatic rings. The predicted molar refractivity (Wildman–Crippen MR) is 58.7 cm³/mol. The number of hydrogen-bond donors (Lipinski definition) is 2. The van der Waals surface area contributed by atoms with Crippen molar-refractivity contribution in [2.24, 2.45) is 11.8 Å². The number of hydrogen-bond acceptors (Lipinski definition) is 3. The third-order valence-corrected chi connectivity index (χ3v) is 2.67. The van der Waals surface area contributed by atoms with Gasteiger partial charge >= 0.3 is 12.4 Å². The van der Waals surface area contributed by atoms with Crippen molar-refractivity contribution in [1.29, 1.82) is 0 Å². The summed E-state index contributed by atoms with van der Waals surface area (Å²) in [5.74, 6) is 1.41. The minimum atomic E-state index is -5.49. The lowest BCUT2D eigenvalue weighted by molar-refractivity contribution is -0.292. The van der Waals surface area contributed by atoms with Crippen molar-refractivity contribution >= 4 is 0 Å². The third-order valence-electron chi connectivity index (χ3n) is 2.67. The van der Waals surface area contributed by atoms with E-state index in [9.17, 15) is 26.3 Å². The second-order valence-corrected chi connectivity index (χ2v) is 3.98. The lowest BCUT2D eigenvalue weighted by Gasteiger charge is -2.30. The van der Waals surface area contributed by atoms with Crippen molar-refractivity contribution in [3.8, 4) is 5.75 Å². The highest BCUT2D eigenvalue weighted by Crippen LogP contribution is 2.46. The lowest BCUT2D eigenvalue weighted by Crippen LogP contribution is -2.47. The van der Waals surface area contributed by atoms with Crippen molar-refractivity contribution in [2.75, 3.05) is 7.11 Å². The van der Waals surface area contributed by atoms with Crippen molar-refractivity contribution < 1.29 is 31.1 Å². The molecular formula is C11H12F6N2O. The maximum Gasteiger partial charge on any atom is 0.402 e. The normalized spacial score (nSPS) is 14.4. The largest absolute Gasteiger partial charge is 0.497 e. The van der Waals surface area contributed by atoms with E-state index in [1.165, 1.54) is 19.2 Å². The van der Waals surface area contributed by atoms with Crippen molar-refractivity contribution in [2.45, 2.75) is 18.4 Å². The minimum Gasteiger partial charge on any atom is -0.497 e. The molecular weight excluding hydrogens is 290 g/mol. The molecule has 0 aliphatic carbocycles. The molecule has 0 bridgehead atoms. The van der Waals surface area contributed by atoms with Gasteiger partial charge in [-0.15, -0.1) is 0 Å². The molecule has 20 heavy (non-hydrogen) atoms. The minimum absolute atomic E-state index is 0.130. The van der Waals surface area contributed by atoms with Gasteiger partial charge in [-0.1, -0.05) is 12.1 Å². The van der Waals surface area contributed by atoms with Crippen LogP contribution in [0.4, 0.5) is 26.3 Å². The molecule has 1 rings (SSSR count). The Bertz CT molecular complexity index is 431. The number of hydrazine groups is 1. The first-order valence-corrected chi connectivity index (χ1v) is 5.34. The van der Waals surface area contributed by atoms with E-state index in [-0.39, 0.29) is 11.3 Å². The Kier molecular flexibility index (Phi) is 4.87. The maximum absolute atomic E-state index is 12.7. The third kappa shape index (κ3) is 3.76. The van der Waals surface area contributed by atoms with Crippen molar-refractivity contribution in [1.82, 2.24) is 5.43 Å². The van der Waals surface area contributed by atoms with Crippen LogP contribution in [0.15, 0.2) is 24.3 Å². The van der Waals surface area contributed by atoms with E-state index in [1.807, 2.05) is 0 Å². The Labute approximate surface area is 110 Å². The number of benzene rings is 1. The Morgan fingerprint density at radius 2 is 1.65 bits per heavy atom. The van der Waals surface area contributed by atoms with Gasteiger partial charge in [0, 0.05) is 0 Å². The molecule has 1 atom stereocenters. The van der Waals surface area contributed by atoms with Crippen LogP contribution < -0.4 is 16.0 Å². The van der Waals surface area contributed by atoms with Gasteiger partial charge in [-0.2, -0.15) is 26.3 Å². The molecule has 0 fully saturated rings. The van der Waals surface area contributed by atoms with E-state index in [2.05, 4.69) is 0 Å². The molecule has 0 saturated heterocycles. The van der Waals surface area contributed by atoms with Gasteiger partial charge in [0.1, 0.15) is 5.75 Å². The zero-order valence-electron chi connectivity index (χ0n) is 10.2. The van der Waals surface area contributed by atoms with Crippen LogP contribution in [0.3, 0.4) is 0 Å². The number of halogens is 6. The first-order chi connectivity index (χ1) is 9.11. The van der Waals surface area contributed by atoms with Gasteiger partial charge in [0.05, 0.1) is 13.2 Å². The number of methoxy groups -OCH3 is 1. The van der Waals surface area contributed by atoms with Gasteiger partial charge in [0.2, 0.25) is 0 Å². The van der Waals surface area contributed by atoms with Crippen LogP contribution >= 0.6 is 0 Å². The molecule has 0 aromatic heterocycles. The second kappa shape index (κ2) is 5.88. The Morgan fingerprint density at radius 3 is 2.05 bits per heavy atom. The average Bonchev–Trinajstić information content (AvgIpc) is 2.32. The van der Waals surface area contributed by atoms with Crippen molar-refractivity contribution in [3.05, 3.63) is 29.8 Å². The molecule has 9 heteroatoms. The van der Waals surface area contributed by atoms with Gasteiger partial charge < -0.3 is 4.74 Å². The SMILES string of the molecule is COc1cccc(C(NN)C(C(F)(F)F)C(F)(F)F)c1. The molecule has 0 saturated carbocycles.